The Balaban J connectivity index is 2.10. The van der Waals surface area contributed by atoms with Crippen LogP contribution < -0.4 is 4.74 Å². The molecule has 0 saturated heterocycles. The molecular weight excluding hydrogens is 300 g/mol. The summed E-state index contributed by atoms with van der Waals surface area (Å²) >= 11 is 3.44. The van der Waals surface area contributed by atoms with Crippen molar-refractivity contribution in [1.29, 1.82) is 0 Å². The van der Waals surface area contributed by atoms with Crippen LogP contribution in [-0.4, -0.2) is 0 Å². The highest BCUT2D eigenvalue weighted by Gasteiger charge is 2.05. The fourth-order valence-electron chi connectivity index (χ4n) is 2.27. The van der Waals surface area contributed by atoms with E-state index in [1.54, 1.807) is 0 Å². The van der Waals surface area contributed by atoms with Gasteiger partial charge in [0, 0.05) is 5.33 Å². The first kappa shape index (κ1) is 14.1. The third-order valence-electron chi connectivity index (χ3n) is 3.30. The van der Waals surface area contributed by atoms with Crippen molar-refractivity contribution in [2.24, 2.45) is 0 Å². The molecule has 0 N–H and O–H groups in total. The summed E-state index contributed by atoms with van der Waals surface area (Å²) in [7, 11) is 0. The predicted molar refractivity (Wildman–Crippen MR) is 84.1 cm³/mol. The number of ether oxygens (including phenoxy) is 1. The van der Waals surface area contributed by atoms with E-state index in [-0.39, 0.29) is 0 Å². The van der Waals surface area contributed by atoms with E-state index < -0.39 is 0 Å². The number of benzene rings is 2. The summed E-state index contributed by atoms with van der Waals surface area (Å²) in [5.74, 6) is 0.920. The normalized spacial score (nSPS) is 10.5. The van der Waals surface area contributed by atoms with Crippen LogP contribution in [0.4, 0.5) is 0 Å². The molecule has 0 heterocycles. The van der Waals surface area contributed by atoms with Crippen molar-refractivity contribution in [3.05, 3.63) is 64.2 Å². The lowest BCUT2D eigenvalue weighted by Crippen LogP contribution is -2.01. The van der Waals surface area contributed by atoms with Gasteiger partial charge in [0.15, 0.2) is 0 Å². The van der Waals surface area contributed by atoms with Crippen molar-refractivity contribution in [2.45, 2.75) is 32.7 Å². The SMILES string of the molecule is Cc1cc(C)c(COc2ccc(CBr)cc2)c(C)c1. The Morgan fingerprint density at radius 3 is 2.05 bits per heavy atom. The summed E-state index contributed by atoms with van der Waals surface area (Å²) in [6, 6.07) is 12.6. The first-order valence-electron chi connectivity index (χ1n) is 6.44. The molecule has 0 spiro atoms. The molecule has 0 aliphatic rings. The molecule has 0 aliphatic carbocycles. The van der Waals surface area contributed by atoms with Crippen LogP contribution in [0.15, 0.2) is 36.4 Å². The minimum atomic E-state index is 0.631. The van der Waals surface area contributed by atoms with Gasteiger partial charge in [-0.15, -0.1) is 0 Å². The molecule has 19 heavy (non-hydrogen) atoms. The Morgan fingerprint density at radius 2 is 1.53 bits per heavy atom. The fraction of sp³-hybridized carbons (Fsp3) is 0.294. The van der Waals surface area contributed by atoms with Crippen molar-refractivity contribution in [1.82, 2.24) is 0 Å². The highest BCUT2D eigenvalue weighted by molar-refractivity contribution is 9.08. The van der Waals surface area contributed by atoms with Gasteiger partial charge in [0.05, 0.1) is 0 Å². The van der Waals surface area contributed by atoms with Crippen LogP contribution in [0.2, 0.25) is 0 Å². The number of halogens is 1. The molecule has 0 bridgehead atoms. The maximum absolute atomic E-state index is 5.88. The number of hydrogen-bond acceptors (Lipinski definition) is 1. The summed E-state index contributed by atoms with van der Waals surface area (Å²) in [6.07, 6.45) is 0. The molecule has 1 nitrogen and oxygen atoms in total. The van der Waals surface area contributed by atoms with Gasteiger partial charge in [-0.2, -0.15) is 0 Å². The van der Waals surface area contributed by atoms with E-state index in [0.29, 0.717) is 6.61 Å². The Hall–Kier alpha value is -1.28. The largest absolute Gasteiger partial charge is 0.489 e. The van der Waals surface area contributed by atoms with Crippen LogP contribution in [0.1, 0.15) is 27.8 Å². The highest BCUT2D eigenvalue weighted by Crippen LogP contribution is 2.20. The van der Waals surface area contributed by atoms with Gasteiger partial charge in [0.2, 0.25) is 0 Å². The summed E-state index contributed by atoms with van der Waals surface area (Å²) in [4.78, 5) is 0. The molecule has 0 aromatic heterocycles. The van der Waals surface area contributed by atoms with Crippen LogP contribution in [0, 0.1) is 20.8 Å². The quantitative estimate of drug-likeness (QED) is 0.714. The molecule has 100 valence electrons. The first-order chi connectivity index (χ1) is 9.10. The van der Waals surface area contributed by atoms with Gasteiger partial charge in [-0.1, -0.05) is 45.8 Å². The fourth-order valence-corrected chi connectivity index (χ4v) is 2.64. The van der Waals surface area contributed by atoms with Crippen molar-refractivity contribution in [3.63, 3.8) is 0 Å². The van der Waals surface area contributed by atoms with Gasteiger partial charge in [0.1, 0.15) is 12.4 Å². The zero-order chi connectivity index (χ0) is 13.8. The van der Waals surface area contributed by atoms with Crippen LogP contribution in [0.25, 0.3) is 0 Å². The maximum atomic E-state index is 5.88. The van der Waals surface area contributed by atoms with Gasteiger partial charge < -0.3 is 4.74 Å². The molecule has 2 heteroatoms. The summed E-state index contributed by atoms with van der Waals surface area (Å²) < 4.78 is 5.88. The molecule has 0 amide bonds. The van der Waals surface area contributed by atoms with E-state index in [1.165, 1.54) is 27.8 Å². The smallest absolute Gasteiger partial charge is 0.119 e. The molecule has 0 saturated carbocycles. The van der Waals surface area contributed by atoms with Crippen molar-refractivity contribution < 1.29 is 4.74 Å². The van der Waals surface area contributed by atoms with Gasteiger partial charge in [-0.05, 0) is 55.2 Å². The van der Waals surface area contributed by atoms with E-state index in [9.17, 15) is 0 Å². The Labute approximate surface area is 123 Å². The van der Waals surface area contributed by atoms with Crippen LogP contribution >= 0.6 is 15.9 Å². The molecule has 2 aromatic carbocycles. The maximum Gasteiger partial charge on any atom is 0.119 e. The minimum Gasteiger partial charge on any atom is -0.489 e. The van der Waals surface area contributed by atoms with Crippen LogP contribution in [0.3, 0.4) is 0 Å². The molecule has 0 atom stereocenters. The van der Waals surface area contributed by atoms with Crippen LogP contribution in [-0.2, 0) is 11.9 Å². The van der Waals surface area contributed by atoms with Gasteiger partial charge in [0.25, 0.3) is 0 Å². The monoisotopic (exact) mass is 318 g/mol. The molecular formula is C17H19BrO. The van der Waals surface area contributed by atoms with Crippen molar-refractivity contribution in [3.8, 4) is 5.75 Å². The average Bonchev–Trinajstić information content (AvgIpc) is 2.38. The lowest BCUT2D eigenvalue weighted by atomic mass is 10.0. The summed E-state index contributed by atoms with van der Waals surface area (Å²) in [5, 5.41) is 0.878. The third kappa shape index (κ3) is 3.60. The molecule has 0 unspecified atom stereocenters. The highest BCUT2D eigenvalue weighted by atomic mass is 79.9. The molecule has 0 fully saturated rings. The Bertz CT molecular complexity index is 535. The van der Waals surface area contributed by atoms with Crippen LogP contribution in [0.5, 0.6) is 5.75 Å². The average molecular weight is 319 g/mol. The van der Waals surface area contributed by atoms with E-state index in [2.05, 4.69) is 61.0 Å². The van der Waals surface area contributed by atoms with E-state index in [0.717, 1.165) is 11.1 Å². The second kappa shape index (κ2) is 6.25. The lowest BCUT2D eigenvalue weighted by molar-refractivity contribution is 0.304. The van der Waals surface area contributed by atoms with Gasteiger partial charge >= 0.3 is 0 Å². The number of hydrogen-bond donors (Lipinski definition) is 0. The van der Waals surface area contributed by atoms with Crippen molar-refractivity contribution >= 4 is 15.9 Å². The molecule has 0 radical (unpaired) electrons. The zero-order valence-electron chi connectivity index (χ0n) is 11.7. The zero-order valence-corrected chi connectivity index (χ0v) is 13.3. The number of rotatable bonds is 4. The van der Waals surface area contributed by atoms with E-state index in [1.807, 2.05) is 12.1 Å². The first-order valence-corrected chi connectivity index (χ1v) is 7.56. The number of aryl methyl sites for hydroxylation is 3. The van der Waals surface area contributed by atoms with Crippen molar-refractivity contribution in [2.75, 3.05) is 0 Å². The minimum absolute atomic E-state index is 0.631. The molecule has 0 aliphatic heterocycles. The van der Waals surface area contributed by atoms with Gasteiger partial charge in [-0.25, -0.2) is 0 Å². The number of alkyl halides is 1. The topological polar surface area (TPSA) is 9.23 Å². The third-order valence-corrected chi connectivity index (χ3v) is 3.95. The summed E-state index contributed by atoms with van der Waals surface area (Å²) in [5.41, 5.74) is 6.45. The van der Waals surface area contributed by atoms with E-state index in [4.69, 9.17) is 4.74 Å². The standard InChI is InChI=1S/C17H19BrO/c1-12-8-13(2)17(14(3)9-12)11-19-16-6-4-15(10-18)5-7-16/h4-9H,10-11H2,1-3H3. The molecule has 2 aromatic rings. The Morgan fingerprint density at radius 1 is 0.947 bits per heavy atom. The summed E-state index contributed by atoms with van der Waals surface area (Å²) in [6.45, 7) is 7.05. The lowest BCUT2D eigenvalue weighted by Gasteiger charge is -2.13. The van der Waals surface area contributed by atoms with Gasteiger partial charge in [-0.3, -0.25) is 0 Å². The predicted octanol–water partition coefficient (Wildman–Crippen LogP) is 5.09. The second-order valence-corrected chi connectivity index (χ2v) is 5.50. The Kier molecular flexibility index (Phi) is 4.65. The second-order valence-electron chi connectivity index (χ2n) is 4.94. The van der Waals surface area contributed by atoms with E-state index >= 15 is 0 Å². The molecule has 2 rings (SSSR count).